The Bertz CT molecular complexity index is 497. The van der Waals surface area contributed by atoms with E-state index in [1.807, 2.05) is 24.0 Å². The molecule has 0 radical (unpaired) electrons. The zero-order valence-electron chi connectivity index (χ0n) is 12.5. The van der Waals surface area contributed by atoms with Crippen molar-refractivity contribution >= 4 is 23.7 Å². The summed E-state index contributed by atoms with van der Waals surface area (Å²) in [7, 11) is 0. The molecule has 1 fully saturated rings. The molecule has 2 rings (SSSR count). The third-order valence-electron chi connectivity index (χ3n) is 4.24. The molecule has 0 unspecified atom stereocenters. The van der Waals surface area contributed by atoms with Gasteiger partial charge in [0.2, 0.25) is 0 Å². The molecule has 1 aromatic rings. The van der Waals surface area contributed by atoms with Crippen molar-refractivity contribution < 1.29 is 4.79 Å². The number of hydrogen-bond acceptors (Lipinski definition) is 2. The number of benzene rings is 1. The van der Waals surface area contributed by atoms with Crippen LogP contribution in [0.25, 0.3) is 0 Å². The standard InChI is InChI=1S/C17H23ClN2O/c1-13(11-12-19)20(14-7-3-2-4-8-14)17(21)15-9-5-6-10-16(15)18/h5-6,9-10,12-14,19H,2-4,7-8,11H2,1H3/t13-/m0/s1. The first-order chi connectivity index (χ1) is 10.1. The lowest BCUT2D eigenvalue weighted by molar-refractivity contribution is 0.0543. The molecule has 3 nitrogen and oxygen atoms in total. The summed E-state index contributed by atoms with van der Waals surface area (Å²) in [5.41, 5.74) is 0.571. The smallest absolute Gasteiger partial charge is 0.255 e. The average Bonchev–Trinajstić information content (AvgIpc) is 2.49. The number of carbonyl (C=O) groups is 1. The first-order valence-corrected chi connectivity index (χ1v) is 8.09. The highest BCUT2D eigenvalue weighted by molar-refractivity contribution is 6.33. The molecule has 1 N–H and O–H groups in total. The van der Waals surface area contributed by atoms with Crippen LogP contribution in [-0.2, 0) is 0 Å². The van der Waals surface area contributed by atoms with E-state index in [2.05, 4.69) is 0 Å². The zero-order chi connectivity index (χ0) is 15.2. The van der Waals surface area contributed by atoms with E-state index < -0.39 is 0 Å². The molecule has 1 aliphatic carbocycles. The molecule has 0 bridgehead atoms. The Hall–Kier alpha value is -1.35. The van der Waals surface area contributed by atoms with Gasteiger partial charge in [-0.3, -0.25) is 4.79 Å². The van der Waals surface area contributed by atoms with Gasteiger partial charge in [-0.1, -0.05) is 43.0 Å². The Morgan fingerprint density at radius 3 is 2.67 bits per heavy atom. The number of halogens is 1. The topological polar surface area (TPSA) is 44.2 Å². The summed E-state index contributed by atoms with van der Waals surface area (Å²) < 4.78 is 0. The molecular weight excluding hydrogens is 284 g/mol. The minimum absolute atomic E-state index is 0.00171. The average molecular weight is 307 g/mol. The molecule has 1 aromatic carbocycles. The van der Waals surface area contributed by atoms with E-state index in [-0.39, 0.29) is 18.0 Å². The maximum absolute atomic E-state index is 12.9. The number of carbonyl (C=O) groups excluding carboxylic acids is 1. The fraction of sp³-hybridized carbons (Fsp3) is 0.529. The highest BCUT2D eigenvalue weighted by atomic mass is 35.5. The molecule has 0 aromatic heterocycles. The van der Waals surface area contributed by atoms with Gasteiger partial charge >= 0.3 is 0 Å². The molecule has 0 spiro atoms. The molecule has 21 heavy (non-hydrogen) atoms. The van der Waals surface area contributed by atoms with E-state index in [0.29, 0.717) is 17.0 Å². The summed E-state index contributed by atoms with van der Waals surface area (Å²) in [5.74, 6) is 0.00171. The fourth-order valence-corrected chi connectivity index (χ4v) is 3.36. The Morgan fingerprint density at radius 1 is 1.38 bits per heavy atom. The summed E-state index contributed by atoms with van der Waals surface area (Å²) in [4.78, 5) is 14.9. The van der Waals surface area contributed by atoms with Crippen LogP contribution in [0.2, 0.25) is 5.02 Å². The third kappa shape index (κ3) is 3.85. The lowest BCUT2D eigenvalue weighted by Crippen LogP contribution is -2.47. The molecule has 0 saturated heterocycles. The monoisotopic (exact) mass is 306 g/mol. The van der Waals surface area contributed by atoms with Gasteiger partial charge in [0.15, 0.2) is 0 Å². The van der Waals surface area contributed by atoms with Crippen molar-refractivity contribution in [1.82, 2.24) is 4.90 Å². The molecular formula is C17H23ClN2O. The van der Waals surface area contributed by atoms with Gasteiger partial charge in [-0.05, 0) is 38.1 Å². The van der Waals surface area contributed by atoms with Crippen LogP contribution in [0.1, 0.15) is 55.8 Å². The van der Waals surface area contributed by atoms with Crippen molar-refractivity contribution in [1.29, 1.82) is 5.41 Å². The van der Waals surface area contributed by atoms with Crippen LogP contribution in [0.15, 0.2) is 24.3 Å². The summed E-state index contributed by atoms with van der Waals surface area (Å²) in [6.07, 6.45) is 7.69. The minimum atomic E-state index is 0.00171. The number of nitrogens with one attached hydrogen (secondary N) is 1. The maximum Gasteiger partial charge on any atom is 0.255 e. The van der Waals surface area contributed by atoms with Gasteiger partial charge in [-0.25, -0.2) is 0 Å². The van der Waals surface area contributed by atoms with Crippen molar-refractivity contribution in [2.24, 2.45) is 0 Å². The first-order valence-electron chi connectivity index (χ1n) is 7.71. The Kier molecular flexibility index (Phi) is 5.80. The second-order valence-corrected chi connectivity index (χ2v) is 6.18. The van der Waals surface area contributed by atoms with E-state index >= 15 is 0 Å². The van der Waals surface area contributed by atoms with Crippen LogP contribution in [0, 0.1) is 5.41 Å². The predicted molar refractivity (Wildman–Crippen MR) is 87.4 cm³/mol. The van der Waals surface area contributed by atoms with Crippen molar-refractivity contribution in [2.45, 2.75) is 57.5 Å². The van der Waals surface area contributed by atoms with Gasteiger partial charge in [0, 0.05) is 18.5 Å². The predicted octanol–water partition coefficient (Wildman–Crippen LogP) is 4.54. The molecule has 114 valence electrons. The van der Waals surface area contributed by atoms with Gasteiger partial charge in [-0.15, -0.1) is 0 Å². The van der Waals surface area contributed by atoms with Gasteiger partial charge in [0.05, 0.1) is 10.6 Å². The summed E-state index contributed by atoms with van der Waals surface area (Å²) >= 11 is 6.19. The lowest BCUT2D eigenvalue weighted by atomic mass is 9.92. The van der Waals surface area contributed by atoms with E-state index in [0.717, 1.165) is 12.8 Å². The van der Waals surface area contributed by atoms with Gasteiger partial charge in [0.25, 0.3) is 5.91 Å². The van der Waals surface area contributed by atoms with Crippen molar-refractivity contribution in [3.05, 3.63) is 34.9 Å². The van der Waals surface area contributed by atoms with Crippen molar-refractivity contribution in [3.8, 4) is 0 Å². The van der Waals surface area contributed by atoms with Crippen molar-refractivity contribution in [2.75, 3.05) is 0 Å². The number of hydrogen-bond donors (Lipinski definition) is 1. The molecule has 0 heterocycles. The van der Waals surface area contributed by atoms with E-state index in [9.17, 15) is 4.79 Å². The van der Waals surface area contributed by atoms with Crippen molar-refractivity contribution in [3.63, 3.8) is 0 Å². The highest BCUT2D eigenvalue weighted by Crippen LogP contribution is 2.28. The Morgan fingerprint density at radius 2 is 2.05 bits per heavy atom. The molecule has 1 saturated carbocycles. The highest BCUT2D eigenvalue weighted by Gasteiger charge is 2.30. The van der Waals surface area contributed by atoms with Crippen LogP contribution in [-0.4, -0.2) is 29.1 Å². The van der Waals surface area contributed by atoms with Crippen LogP contribution in [0.3, 0.4) is 0 Å². The summed E-state index contributed by atoms with van der Waals surface area (Å²) in [6, 6.07) is 7.55. The normalized spacial score (nSPS) is 17.2. The molecule has 1 aliphatic rings. The summed E-state index contributed by atoms with van der Waals surface area (Å²) in [6.45, 7) is 2.02. The first kappa shape index (κ1) is 16.0. The van der Waals surface area contributed by atoms with Gasteiger partial charge in [0.1, 0.15) is 0 Å². The third-order valence-corrected chi connectivity index (χ3v) is 4.57. The maximum atomic E-state index is 12.9. The Labute approximate surface area is 131 Å². The second kappa shape index (κ2) is 7.60. The number of rotatable bonds is 5. The second-order valence-electron chi connectivity index (χ2n) is 5.77. The molecule has 1 amide bonds. The van der Waals surface area contributed by atoms with Gasteiger partial charge in [-0.2, -0.15) is 0 Å². The van der Waals surface area contributed by atoms with Gasteiger partial charge < -0.3 is 10.3 Å². The number of amides is 1. The number of nitrogens with zero attached hydrogens (tertiary/aromatic N) is 1. The molecule has 0 aliphatic heterocycles. The fourth-order valence-electron chi connectivity index (χ4n) is 3.14. The van der Waals surface area contributed by atoms with E-state index in [4.69, 9.17) is 17.0 Å². The summed E-state index contributed by atoms with van der Waals surface area (Å²) in [5, 5.41) is 7.84. The lowest BCUT2D eigenvalue weighted by Gasteiger charge is -2.38. The van der Waals surface area contributed by atoms with Crippen LogP contribution >= 0.6 is 11.6 Å². The molecule has 4 heteroatoms. The SMILES string of the molecule is C[C@@H](CC=N)N(C(=O)c1ccccc1Cl)C1CCCCC1. The minimum Gasteiger partial charge on any atom is -0.333 e. The van der Waals surface area contributed by atoms with Crippen LogP contribution < -0.4 is 0 Å². The Balaban J connectivity index is 2.27. The van der Waals surface area contributed by atoms with Crippen LogP contribution in [0.4, 0.5) is 0 Å². The van der Waals surface area contributed by atoms with E-state index in [1.54, 1.807) is 12.1 Å². The van der Waals surface area contributed by atoms with E-state index in [1.165, 1.54) is 25.5 Å². The zero-order valence-corrected chi connectivity index (χ0v) is 13.3. The quantitative estimate of drug-likeness (QED) is 0.797. The molecule has 1 atom stereocenters. The largest absolute Gasteiger partial charge is 0.333 e. The van der Waals surface area contributed by atoms with Crippen LogP contribution in [0.5, 0.6) is 0 Å².